The molecule has 5 nitrogen and oxygen atoms in total. The molecule has 1 aromatic heterocycles. The lowest BCUT2D eigenvalue weighted by molar-refractivity contribution is 0.311. The molecule has 6 heteroatoms. The molecule has 0 saturated carbocycles. The highest BCUT2D eigenvalue weighted by atomic mass is 35.5. The molecule has 1 aliphatic heterocycles. The fourth-order valence-corrected chi connectivity index (χ4v) is 2.61. The van der Waals surface area contributed by atoms with Crippen molar-refractivity contribution in [3.05, 3.63) is 24.3 Å². The van der Waals surface area contributed by atoms with Crippen LogP contribution in [-0.2, 0) is 0 Å². The van der Waals surface area contributed by atoms with E-state index in [1.807, 2.05) is 24.3 Å². The molecule has 1 aliphatic rings. The number of nitrogens with one attached hydrogen (secondary N) is 1. The Labute approximate surface area is 130 Å². The van der Waals surface area contributed by atoms with E-state index >= 15 is 0 Å². The maximum Gasteiger partial charge on any atom is 0.227 e. The molecule has 0 atom stereocenters. The van der Waals surface area contributed by atoms with Crippen molar-refractivity contribution in [2.45, 2.75) is 19.3 Å². The molecule has 1 aromatic carbocycles. The maximum atomic E-state index is 9.00. The summed E-state index contributed by atoms with van der Waals surface area (Å²) in [5.74, 6) is 1.61. The Bertz CT molecular complexity index is 587. The number of rotatable bonds is 4. The standard InChI is InChI=1S/C15H20N4O.ClH/c20-11-8-16-14-12-6-2-3-7-13(12)17-15(18-14)19-9-4-1-5-10-19;/h2-3,6-7,20H,1,4-5,8-11H2,(H,16,17,18);1H. The van der Waals surface area contributed by atoms with E-state index in [2.05, 4.69) is 20.2 Å². The zero-order chi connectivity index (χ0) is 13.8. The predicted molar refractivity (Wildman–Crippen MR) is 88.4 cm³/mol. The first kappa shape index (κ1) is 15.8. The summed E-state index contributed by atoms with van der Waals surface area (Å²) in [6, 6.07) is 7.99. The minimum atomic E-state index is 0. The van der Waals surface area contributed by atoms with E-state index in [1.54, 1.807) is 0 Å². The predicted octanol–water partition coefficient (Wildman–Crippen LogP) is 2.45. The zero-order valence-corrected chi connectivity index (χ0v) is 12.8. The van der Waals surface area contributed by atoms with E-state index in [-0.39, 0.29) is 19.0 Å². The van der Waals surface area contributed by atoms with Crippen LogP contribution in [0.15, 0.2) is 24.3 Å². The molecule has 114 valence electrons. The van der Waals surface area contributed by atoms with Crippen molar-refractivity contribution in [1.29, 1.82) is 0 Å². The Hall–Kier alpha value is -1.59. The number of halogens is 1. The number of aromatic nitrogens is 2. The van der Waals surface area contributed by atoms with Crippen LogP contribution < -0.4 is 10.2 Å². The van der Waals surface area contributed by atoms with Gasteiger partial charge in [-0.3, -0.25) is 0 Å². The van der Waals surface area contributed by atoms with Gasteiger partial charge >= 0.3 is 0 Å². The second-order valence-corrected chi connectivity index (χ2v) is 5.09. The summed E-state index contributed by atoms with van der Waals surface area (Å²) in [6.07, 6.45) is 3.70. The van der Waals surface area contributed by atoms with Crippen molar-refractivity contribution in [1.82, 2.24) is 9.97 Å². The number of hydrogen-bond acceptors (Lipinski definition) is 5. The number of para-hydroxylation sites is 1. The van der Waals surface area contributed by atoms with Crippen LogP contribution in [0.4, 0.5) is 11.8 Å². The molecule has 0 amide bonds. The van der Waals surface area contributed by atoms with Gasteiger partial charge in [0.15, 0.2) is 0 Å². The van der Waals surface area contributed by atoms with E-state index in [9.17, 15) is 0 Å². The number of fused-ring (bicyclic) bond motifs is 1. The van der Waals surface area contributed by atoms with Crippen LogP contribution in [0.5, 0.6) is 0 Å². The topological polar surface area (TPSA) is 61.3 Å². The van der Waals surface area contributed by atoms with Crippen molar-refractivity contribution >= 4 is 35.1 Å². The first-order valence-electron chi connectivity index (χ1n) is 7.25. The van der Waals surface area contributed by atoms with E-state index in [1.165, 1.54) is 19.3 Å². The van der Waals surface area contributed by atoms with Crippen LogP contribution >= 0.6 is 12.4 Å². The van der Waals surface area contributed by atoms with E-state index in [0.717, 1.165) is 35.8 Å². The second kappa shape index (κ2) is 7.43. The van der Waals surface area contributed by atoms with Gasteiger partial charge < -0.3 is 15.3 Å². The van der Waals surface area contributed by atoms with Gasteiger partial charge in [-0.05, 0) is 31.4 Å². The number of hydrogen-bond donors (Lipinski definition) is 2. The van der Waals surface area contributed by atoms with Crippen molar-refractivity contribution in [3.63, 3.8) is 0 Å². The van der Waals surface area contributed by atoms with Crippen LogP contribution in [0, 0.1) is 0 Å². The molecule has 3 rings (SSSR count). The van der Waals surface area contributed by atoms with Gasteiger partial charge in [0.25, 0.3) is 0 Å². The van der Waals surface area contributed by atoms with Gasteiger partial charge in [-0.2, -0.15) is 4.98 Å². The van der Waals surface area contributed by atoms with Crippen LogP contribution in [-0.4, -0.2) is 41.3 Å². The molecule has 2 heterocycles. The molecule has 0 spiro atoms. The molecule has 0 radical (unpaired) electrons. The number of piperidine rings is 1. The Kier molecular flexibility index (Phi) is 5.59. The number of aliphatic hydroxyl groups excluding tert-OH is 1. The minimum Gasteiger partial charge on any atom is -0.395 e. The quantitative estimate of drug-likeness (QED) is 0.908. The highest BCUT2D eigenvalue weighted by Gasteiger charge is 2.15. The fraction of sp³-hybridized carbons (Fsp3) is 0.467. The van der Waals surface area contributed by atoms with Gasteiger partial charge in [0.2, 0.25) is 5.95 Å². The largest absolute Gasteiger partial charge is 0.395 e. The summed E-state index contributed by atoms with van der Waals surface area (Å²) in [7, 11) is 0. The average molecular weight is 309 g/mol. The molecule has 0 aliphatic carbocycles. The lowest BCUT2D eigenvalue weighted by Crippen LogP contribution is -2.31. The molecule has 2 N–H and O–H groups in total. The summed E-state index contributed by atoms with van der Waals surface area (Å²) in [5, 5.41) is 13.2. The first-order chi connectivity index (χ1) is 9.88. The Morgan fingerprint density at radius 2 is 1.86 bits per heavy atom. The summed E-state index contributed by atoms with van der Waals surface area (Å²) in [4.78, 5) is 11.6. The molecule has 1 fully saturated rings. The van der Waals surface area contributed by atoms with Crippen LogP contribution in [0.1, 0.15) is 19.3 Å². The molecule has 0 bridgehead atoms. The molecular weight excluding hydrogens is 288 g/mol. The van der Waals surface area contributed by atoms with Gasteiger partial charge in [-0.1, -0.05) is 12.1 Å². The number of aliphatic hydroxyl groups is 1. The van der Waals surface area contributed by atoms with Crippen LogP contribution in [0.2, 0.25) is 0 Å². The van der Waals surface area contributed by atoms with Crippen LogP contribution in [0.25, 0.3) is 10.9 Å². The number of benzene rings is 1. The average Bonchev–Trinajstić information content (AvgIpc) is 2.53. The molecule has 1 saturated heterocycles. The summed E-state index contributed by atoms with van der Waals surface area (Å²) >= 11 is 0. The third kappa shape index (κ3) is 3.54. The fourth-order valence-electron chi connectivity index (χ4n) is 2.61. The van der Waals surface area contributed by atoms with Crippen LogP contribution in [0.3, 0.4) is 0 Å². The lowest BCUT2D eigenvalue weighted by atomic mass is 10.1. The number of nitrogens with zero attached hydrogens (tertiary/aromatic N) is 3. The molecule has 21 heavy (non-hydrogen) atoms. The molecular formula is C15H21ClN4O. The van der Waals surface area contributed by atoms with Crippen molar-refractivity contribution in [3.8, 4) is 0 Å². The Morgan fingerprint density at radius 3 is 2.62 bits per heavy atom. The SMILES string of the molecule is Cl.OCCNc1nc(N2CCCCC2)nc2ccccc12. The monoisotopic (exact) mass is 308 g/mol. The third-order valence-corrected chi connectivity index (χ3v) is 3.63. The summed E-state index contributed by atoms with van der Waals surface area (Å²) < 4.78 is 0. The Morgan fingerprint density at radius 1 is 1.10 bits per heavy atom. The maximum absolute atomic E-state index is 9.00. The van der Waals surface area contributed by atoms with Gasteiger partial charge in [0.05, 0.1) is 12.1 Å². The zero-order valence-electron chi connectivity index (χ0n) is 12.0. The normalized spacial score (nSPS) is 14.8. The van der Waals surface area contributed by atoms with Gasteiger partial charge in [-0.15, -0.1) is 12.4 Å². The Balaban J connectivity index is 0.00000161. The molecule has 2 aromatic rings. The second-order valence-electron chi connectivity index (χ2n) is 5.09. The smallest absolute Gasteiger partial charge is 0.227 e. The third-order valence-electron chi connectivity index (χ3n) is 3.63. The van der Waals surface area contributed by atoms with E-state index < -0.39 is 0 Å². The highest BCUT2D eigenvalue weighted by Crippen LogP contribution is 2.24. The lowest BCUT2D eigenvalue weighted by Gasteiger charge is -2.27. The van der Waals surface area contributed by atoms with Crippen molar-refractivity contribution in [2.24, 2.45) is 0 Å². The molecule has 0 unspecified atom stereocenters. The first-order valence-corrected chi connectivity index (χ1v) is 7.25. The van der Waals surface area contributed by atoms with E-state index in [0.29, 0.717) is 6.54 Å². The van der Waals surface area contributed by atoms with Crippen molar-refractivity contribution < 1.29 is 5.11 Å². The summed E-state index contributed by atoms with van der Waals surface area (Å²) in [6.45, 7) is 2.65. The minimum absolute atomic E-state index is 0. The van der Waals surface area contributed by atoms with Gasteiger partial charge in [0.1, 0.15) is 5.82 Å². The summed E-state index contributed by atoms with van der Waals surface area (Å²) in [5.41, 5.74) is 0.948. The van der Waals surface area contributed by atoms with Crippen molar-refractivity contribution in [2.75, 3.05) is 36.5 Å². The number of anilines is 2. The van der Waals surface area contributed by atoms with Gasteiger partial charge in [0, 0.05) is 25.0 Å². The van der Waals surface area contributed by atoms with Gasteiger partial charge in [-0.25, -0.2) is 4.98 Å². The van der Waals surface area contributed by atoms with E-state index in [4.69, 9.17) is 5.11 Å². The highest BCUT2D eigenvalue weighted by molar-refractivity contribution is 5.90.